The fraction of sp³-hybridized carbons (Fsp3) is 0.444. The number of urea groups is 1. The van der Waals surface area contributed by atoms with Crippen molar-refractivity contribution in [2.45, 2.75) is 31.3 Å². The van der Waals surface area contributed by atoms with Gasteiger partial charge < -0.3 is 19.8 Å². The summed E-state index contributed by atoms with van der Waals surface area (Å²) in [4.78, 5) is 21.7. The Hall–Kier alpha value is -2.83. The van der Waals surface area contributed by atoms with Gasteiger partial charge in [-0.2, -0.15) is 0 Å². The van der Waals surface area contributed by atoms with E-state index >= 15 is 0 Å². The fourth-order valence-electron chi connectivity index (χ4n) is 5.02. The number of carbonyl (C=O) groups excluding carboxylic acids is 1. The van der Waals surface area contributed by atoms with E-state index in [0.717, 1.165) is 63.1 Å². The number of piperazine rings is 1. The minimum Gasteiger partial charge on any atom is -0.385 e. The van der Waals surface area contributed by atoms with Crippen LogP contribution in [0.3, 0.4) is 0 Å². The van der Waals surface area contributed by atoms with Crippen molar-refractivity contribution in [1.82, 2.24) is 9.80 Å². The van der Waals surface area contributed by atoms with Gasteiger partial charge in [-0.25, -0.2) is 4.79 Å². The molecule has 0 radical (unpaired) electrons. The molecule has 1 saturated heterocycles. The van der Waals surface area contributed by atoms with E-state index in [4.69, 9.17) is 0 Å². The van der Waals surface area contributed by atoms with Crippen molar-refractivity contribution < 1.29 is 9.90 Å². The van der Waals surface area contributed by atoms with Crippen molar-refractivity contribution in [2.24, 2.45) is 0 Å². The molecule has 2 amide bonds. The SMILES string of the molecule is CN1CCN(c2ccccc2CCN2CC=CN(c3ccc(C4(O)CCC4)cc3)C2=O)CC1. The molecule has 2 fully saturated rings. The van der Waals surface area contributed by atoms with Crippen LogP contribution in [0.25, 0.3) is 0 Å². The molecular weight excluding hydrogens is 412 g/mol. The molecule has 0 bridgehead atoms. The quantitative estimate of drug-likeness (QED) is 0.733. The molecular formula is C27H34N4O2. The summed E-state index contributed by atoms with van der Waals surface area (Å²) in [6.45, 7) is 5.55. The summed E-state index contributed by atoms with van der Waals surface area (Å²) in [5.41, 5.74) is 3.71. The van der Waals surface area contributed by atoms with Crippen molar-refractivity contribution in [3.05, 3.63) is 71.9 Å². The molecule has 1 aliphatic carbocycles. The number of aliphatic hydroxyl groups is 1. The Morgan fingerprint density at radius 2 is 1.70 bits per heavy atom. The number of nitrogens with zero attached hydrogens (tertiary/aromatic N) is 4. The number of hydrogen-bond donors (Lipinski definition) is 1. The molecule has 3 aliphatic rings. The Bertz CT molecular complexity index is 1010. The summed E-state index contributed by atoms with van der Waals surface area (Å²) >= 11 is 0. The maximum Gasteiger partial charge on any atom is 0.328 e. The Morgan fingerprint density at radius 3 is 2.39 bits per heavy atom. The molecule has 0 aromatic heterocycles. The van der Waals surface area contributed by atoms with Crippen LogP contribution in [-0.4, -0.2) is 67.3 Å². The summed E-state index contributed by atoms with van der Waals surface area (Å²) in [6.07, 6.45) is 7.45. The van der Waals surface area contributed by atoms with E-state index in [1.54, 1.807) is 4.90 Å². The third-order valence-electron chi connectivity index (χ3n) is 7.41. The third-order valence-corrected chi connectivity index (χ3v) is 7.41. The van der Waals surface area contributed by atoms with Crippen LogP contribution in [0.2, 0.25) is 0 Å². The first-order valence-electron chi connectivity index (χ1n) is 12.1. The monoisotopic (exact) mass is 446 g/mol. The fourth-order valence-corrected chi connectivity index (χ4v) is 5.02. The lowest BCUT2D eigenvalue weighted by atomic mass is 9.75. The summed E-state index contributed by atoms with van der Waals surface area (Å²) < 4.78 is 0. The van der Waals surface area contributed by atoms with Gasteiger partial charge in [0.25, 0.3) is 0 Å². The first-order chi connectivity index (χ1) is 16.0. The van der Waals surface area contributed by atoms with Gasteiger partial charge in [0.1, 0.15) is 0 Å². The molecule has 6 heteroatoms. The smallest absolute Gasteiger partial charge is 0.328 e. The zero-order chi connectivity index (χ0) is 22.8. The van der Waals surface area contributed by atoms with Gasteiger partial charge in [-0.1, -0.05) is 30.3 Å². The Balaban J connectivity index is 1.25. The van der Waals surface area contributed by atoms with Gasteiger partial charge in [0, 0.05) is 51.2 Å². The molecule has 1 N–H and O–H groups in total. The normalized spacial score (nSPS) is 20.8. The molecule has 33 heavy (non-hydrogen) atoms. The van der Waals surface area contributed by atoms with Gasteiger partial charge in [0.15, 0.2) is 0 Å². The maximum atomic E-state index is 13.3. The first-order valence-corrected chi connectivity index (χ1v) is 12.1. The minimum absolute atomic E-state index is 0.00434. The van der Waals surface area contributed by atoms with Gasteiger partial charge >= 0.3 is 6.03 Å². The predicted octanol–water partition coefficient (Wildman–Crippen LogP) is 3.81. The molecule has 5 rings (SSSR count). The second kappa shape index (κ2) is 9.20. The molecule has 2 aromatic carbocycles. The predicted molar refractivity (Wildman–Crippen MR) is 133 cm³/mol. The van der Waals surface area contributed by atoms with Crippen LogP contribution in [-0.2, 0) is 12.0 Å². The molecule has 0 unspecified atom stereocenters. The lowest BCUT2D eigenvalue weighted by Crippen LogP contribution is -2.45. The molecule has 2 heterocycles. The van der Waals surface area contributed by atoms with Crippen molar-refractivity contribution in [3.63, 3.8) is 0 Å². The maximum absolute atomic E-state index is 13.3. The lowest BCUT2D eigenvalue weighted by Gasteiger charge is -2.37. The Labute approximate surface area is 196 Å². The largest absolute Gasteiger partial charge is 0.385 e. The average molecular weight is 447 g/mol. The van der Waals surface area contributed by atoms with E-state index in [-0.39, 0.29) is 6.03 Å². The van der Waals surface area contributed by atoms with E-state index in [9.17, 15) is 9.90 Å². The second-order valence-electron chi connectivity index (χ2n) is 9.58. The van der Waals surface area contributed by atoms with Crippen LogP contribution in [0, 0.1) is 0 Å². The van der Waals surface area contributed by atoms with Crippen molar-refractivity contribution in [3.8, 4) is 0 Å². The van der Waals surface area contributed by atoms with Crippen molar-refractivity contribution >= 4 is 17.4 Å². The first kappa shape index (κ1) is 22.0. The van der Waals surface area contributed by atoms with E-state index < -0.39 is 5.60 Å². The number of carbonyl (C=O) groups is 1. The van der Waals surface area contributed by atoms with Crippen LogP contribution in [0.15, 0.2) is 60.8 Å². The van der Waals surface area contributed by atoms with Crippen LogP contribution in [0.5, 0.6) is 0 Å². The van der Waals surface area contributed by atoms with Gasteiger partial charge in [0.2, 0.25) is 0 Å². The zero-order valence-corrected chi connectivity index (χ0v) is 19.5. The number of para-hydroxylation sites is 1. The molecule has 174 valence electrons. The highest BCUT2D eigenvalue weighted by Gasteiger charge is 2.36. The lowest BCUT2D eigenvalue weighted by molar-refractivity contribution is -0.0387. The van der Waals surface area contributed by atoms with Gasteiger partial charge in [0.05, 0.1) is 11.3 Å². The highest BCUT2D eigenvalue weighted by Crippen LogP contribution is 2.41. The van der Waals surface area contributed by atoms with E-state index in [2.05, 4.69) is 41.1 Å². The summed E-state index contributed by atoms with van der Waals surface area (Å²) in [6, 6.07) is 16.4. The van der Waals surface area contributed by atoms with Crippen LogP contribution >= 0.6 is 0 Å². The number of amides is 2. The second-order valence-corrected chi connectivity index (χ2v) is 9.58. The molecule has 2 aliphatic heterocycles. The standard InChI is InChI=1S/C27H34N4O2/c1-28-18-20-29(21-19-28)25-7-3-2-6-22(25)12-17-30-15-5-16-31(26(30)32)24-10-8-23(9-11-24)27(33)13-4-14-27/h2-3,5-11,16,33H,4,12-15,17-21H2,1H3. The topological polar surface area (TPSA) is 50.3 Å². The number of likely N-dealkylation sites (N-methyl/N-ethyl adjacent to an activating group) is 1. The van der Waals surface area contributed by atoms with Crippen molar-refractivity contribution in [2.75, 3.05) is 56.1 Å². The number of anilines is 2. The van der Waals surface area contributed by atoms with Crippen molar-refractivity contribution in [1.29, 1.82) is 0 Å². The summed E-state index contributed by atoms with van der Waals surface area (Å²) in [7, 11) is 2.17. The van der Waals surface area contributed by atoms with Gasteiger partial charge in [-0.05, 0) is 68.1 Å². The number of rotatable bonds is 6. The highest BCUT2D eigenvalue weighted by molar-refractivity contribution is 5.94. The Morgan fingerprint density at radius 1 is 0.970 bits per heavy atom. The average Bonchev–Trinajstić information content (AvgIpc) is 2.83. The third kappa shape index (κ3) is 4.50. The summed E-state index contributed by atoms with van der Waals surface area (Å²) in [5, 5.41) is 10.6. The molecule has 6 nitrogen and oxygen atoms in total. The van der Waals surface area contributed by atoms with Gasteiger partial charge in [-0.3, -0.25) is 4.90 Å². The molecule has 0 spiro atoms. The summed E-state index contributed by atoms with van der Waals surface area (Å²) in [5.74, 6) is 0. The van der Waals surface area contributed by atoms with Gasteiger partial charge in [-0.15, -0.1) is 0 Å². The van der Waals surface area contributed by atoms with E-state index in [1.165, 1.54) is 11.3 Å². The van der Waals surface area contributed by atoms with Crippen LogP contribution < -0.4 is 9.80 Å². The molecule has 1 saturated carbocycles. The van der Waals surface area contributed by atoms with Crippen LogP contribution in [0.1, 0.15) is 30.4 Å². The van der Waals surface area contributed by atoms with Crippen LogP contribution in [0.4, 0.5) is 16.2 Å². The molecule has 0 atom stereocenters. The zero-order valence-electron chi connectivity index (χ0n) is 19.5. The Kier molecular flexibility index (Phi) is 6.13. The van der Waals surface area contributed by atoms with E-state index in [1.807, 2.05) is 41.4 Å². The number of hydrogen-bond acceptors (Lipinski definition) is 4. The van der Waals surface area contributed by atoms with E-state index in [0.29, 0.717) is 13.1 Å². The highest BCUT2D eigenvalue weighted by atomic mass is 16.3. The minimum atomic E-state index is -0.677. The number of benzene rings is 2. The molecule has 2 aromatic rings.